The predicted molar refractivity (Wildman–Crippen MR) is 60.5 cm³/mol. The van der Waals surface area contributed by atoms with Crippen LogP contribution in [0.25, 0.3) is 0 Å². The van der Waals surface area contributed by atoms with Crippen molar-refractivity contribution < 1.29 is 9.84 Å². The van der Waals surface area contributed by atoms with Crippen LogP contribution in [0.15, 0.2) is 0 Å². The minimum Gasteiger partial charge on any atom is -0.396 e. The molecule has 0 rings (SSSR count). The number of hydrogen-bond donors (Lipinski definition) is 1. The summed E-state index contributed by atoms with van der Waals surface area (Å²) in [5.41, 5.74) is 0. The van der Waals surface area contributed by atoms with E-state index in [1.54, 1.807) is 0 Å². The molecule has 0 saturated heterocycles. The van der Waals surface area contributed by atoms with Crippen molar-refractivity contribution in [1.82, 2.24) is 0 Å². The largest absolute Gasteiger partial charge is 0.396 e. The smallest absolute Gasteiger partial charge is 0.0466 e. The fourth-order valence-electron chi connectivity index (χ4n) is 1.40. The second-order valence-corrected chi connectivity index (χ2v) is 3.81. The third kappa shape index (κ3) is 11.9. The molecule has 0 aromatic heterocycles. The first-order valence-corrected chi connectivity index (χ1v) is 6.10. The maximum absolute atomic E-state index is 8.56. The monoisotopic (exact) mass is 202 g/mol. The lowest BCUT2D eigenvalue weighted by atomic mass is 10.1. The van der Waals surface area contributed by atoms with E-state index in [-0.39, 0.29) is 0 Å². The van der Waals surface area contributed by atoms with Crippen LogP contribution >= 0.6 is 0 Å². The van der Waals surface area contributed by atoms with E-state index in [0.717, 1.165) is 26.1 Å². The zero-order valence-electron chi connectivity index (χ0n) is 9.63. The van der Waals surface area contributed by atoms with Gasteiger partial charge < -0.3 is 9.84 Å². The summed E-state index contributed by atoms with van der Waals surface area (Å²) in [5.74, 6) is 0. The van der Waals surface area contributed by atoms with Crippen molar-refractivity contribution in [3.05, 3.63) is 0 Å². The molecule has 0 saturated carbocycles. The van der Waals surface area contributed by atoms with Gasteiger partial charge in [-0.05, 0) is 19.3 Å². The summed E-state index contributed by atoms with van der Waals surface area (Å²) in [4.78, 5) is 0. The molecule has 0 radical (unpaired) electrons. The first kappa shape index (κ1) is 13.9. The van der Waals surface area contributed by atoms with E-state index in [9.17, 15) is 0 Å². The van der Waals surface area contributed by atoms with Crippen molar-refractivity contribution in [3.63, 3.8) is 0 Å². The Morgan fingerprint density at radius 2 is 1.36 bits per heavy atom. The summed E-state index contributed by atoms with van der Waals surface area (Å²) in [6.07, 6.45) is 9.54. The average molecular weight is 202 g/mol. The first-order chi connectivity index (χ1) is 6.91. The summed E-state index contributed by atoms with van der Waals surface area (Å²) in [5, 5.41) is 8.56. The summed E-state index contributed by atoms with van der Waals surface area (Å²) in [7, 11) is 0. The molecule has 2 nitrogen and oxygen atoms in total. The lowest BCUT2D eigenvalue weighted by Crippen LogP contribution is -1.97. The van der Waals surface area contributed by atoms with Crippen LogP contribution in [0.1, 0.15) is 58.3 Å². The number of hydrogen-bond acceptors (Lipinski definition) is 2. The van der Waals surface area contributed by atoms with Crippen LogP contribution < -0.4 is 0 Å². The molecule has 0 aliphatic carbocycles. The number of rotatable bonds is 11. The Balaban J connectivity index is 2.78. The Morgan fingerprint density at radius 3 is 2.00 bits per heavy atom. The molecule has 0 aromatic rings. The molecule has 0 atom stereocenters. The number of unbranched alkanes of at least 4 members (excludes halogenated alkanes) is 6. The minimum atomic E-state index is 0.341. The van der Waals surface area contributed by atoms with E-state index >= 15 is 0 Å². The van der Waals surface area contributed by atoms with Gasteiger partial charge in [0.25, 0.3) is 0 Å². The molecule has 0 aliphatic heterocycles. The van der Waals surface area contributed by atoms with Crippen molar-refractivity contribution >= 4 is 0 Å². The molecule has 0 spiro atoms. The van der Waals surface area contributed by atoms with Gasteiger partial charge in [0.2, 0.25) is 0 Å². The molecular weight excluding hydrogens is 176 g/mol. The van der Waals surface area contributed by atoms with E-state index in [1.807, 2.05) is 0 Å². The van der Waals surface area contributed by atoms with E-state index in [1.165, 1.54) is 38.5 Å². The fourth-order valence-corrected chi connectivity index (χ4v) is 1.40. The molecule has 1 N–H and O–H groups in total. The zero-order valence-corrected chi connectivity index (χ0v) is 9.63. The topological polar surface area (TPSA) is 29.5 Å². The van der Waals surface area contributed by atoms with Gasteiger partial charge >= 0.3 is 0 Å². The molecule has 2 heteroatoms. The SMILES string of the molecule is CCCCCOCCCCCCCO. The molecule has 0 aliphatic rings. The number of aliphatic hydroxyl groups is 1. The summed E-state index contributed by atoms with van der Waals surface area (Å²) < 4.78 is 5.49. The third-order valence-corrected chi connectivity index (χ3v) is 2.34. The predicted octanol–water partition coefficient (Wildman–Crippen LogP) is 3.14. The maximum Gasteiger partial charge on any atom is 0.0466 e. The van der Waals surface area contributed by atoms with Gasteiger partial charge in [-0.1, -0.05) is 39.0 Å². The molecule has 0 amide bonds. The Morgan fingerprint density at radius 1 is 0.786 bits per heavy atom. The van der Waals surface area contributed by atoms with E-state index in [0.29, 0.717) is 6.61 Å². The second kappa shape index (κ2) is 12.9. The van der Waals surface area contributed by atoms with Crippen LogP contribution in [0.4, 0.5) is 0 Å². The third-order valence-electron chi connectivity index (χ3n) is 2.34. The number of ether oxygens (including phenoxy) is 1. The highest BCUT2D eigenvalue weighted by atomic mass is 16.5. The van der Waals surface area contributed by atoms with E-state index in [4.69, 9.17) is 9.84 Å². The first-order valence-electron chi connectivity index (χ1n) is 6.10. The molecule has 86 valence electrons. The van der Waals surface area contributed by atoms with Crippen LogP contribution in [0.2, 0.25) is 0 Å². The Bertz CT molecular complexity index is 82.3. The maximum atomic E-state index is 8.56. The van der Waals surface area contributed by atoms with Crippen molar-refractivity contribution in [2.24, 2.45) is 0 Å². The van der Waals surface area contributed by atoms with Gasteiger partial charge in [-0.15, -0.1) is 0 Å². The average Bonchev–Trinajstić information content (AvgIpc) is 2.21. The van der Waals surface area contributed by atoms with Gasteiger partial charge in [0, 0.05) is 19.8 Å². The van der Waals surface area contributed by atoms with Crippen LogP contribution in [0.5, 0.6) is 0 Å². The minimum absolute atomic E-state index is 0.341. The Kier molecular flexibility index (Phi) is 12.8. The Hall–Kier alpha value is -0.0800. The van der Waals surface area contributed by atoms with Crippen molar-refractivity contribution in [2.75, 3.05) is 19.8 Å². The van der Waals surface area contributed by atoms with Crippen LogP contribution in [0.3, 0.4) is 0 Å². The quantitative estimate of drug-likeness (QED) is 0.522. The summed E-state index contributed by atoms with van der Waals surface area (Å²) >= 11 is 0. The van der Waals surface area contributed by atoms with Crippen molar-refractivity contribution in [1.29, 1.82) is 0 Å². The fraction of sp³-hybridized carbons (Fsp3) is 1.00. The van der Waals surface area contributed by atoms with Gasteiger partial charge in [0.15, 0.2) is 0 Å². The summed E-state index contributed by atoms with van der Waals surface area (Å²) in [6.45, 7) is 4.40. The van der Waals surface area contributed by atoms with Crippen molar-refractivity contribution in [3.8, 4) is 0 Å². The van der Waals surface area contributed by atoms with Gasteiger partial charge in [0.1, 0.15) is 0 Å². The lowest BCUT2D eigenvalue weighted by molar-refractivity contribution is 0.126. The molecule has 0 aromatic carbocycles. The highest BCUT2D eigenvalue weighted by molar-refractivity contribution is 4.43. The second-order valence-electron chi connectivity index (χ2n) is 3.81. The normalized spacial score (nSPS) is 10.7. The van der Waals surface area contributed by atoms with E-state index in [2.05, 4.69) is 6.92 Å². The molecule has 0 fully saturated rings. The van der Waals surface area contributed by atoms with Gasteiger partial charge in [0.05, 0.1) is 0 Å². The van der Waals surface area contributed by atoms with E-state index < -0.39 is 0 Å². The molecule has 0 bridgehead atoms. The summed E-state index contributed by atoms with van der Waals surface area (Å²) in [6, 6.07) is 0. The van der Waals surface area contributed by atoms with Gasteiger partial charge in [-0.25, -0.2) is 0 Å². The highest BCUT2D eigenvalue weighted by Crippen LogP contribution is 2.03. The number of aliphatic hydroxyl groups excluding tert-OH is 1. The van der Waals surface area contributed by atoms with Crippen LogP contribution in [-0.4, -0.2) is 24.9 Å². The highest BCUT2D eigenvalue weighted by Gasteiger charge is 1.91. The molecular formula is C12H26O2. The molecule has 14 heavy (non-hydrogen) atoms. The van der Waals surface area contributed by atoms with Gasteiger partial charge in [-0.3, -0.25) is 0 Å². The van der Waals surface area contributed by atoms with Crippen LogP contribution in [0, 0.1) is 0 Å². The van der Waals surface area contributed by atoms with Gasteiger partial charge in [-0.2, -0.15) is 0 Å². The molecule has 0 heterocycles. The van der Waals surface area contributed by atoms with Crippen LogP contribution in [-0.2, 0) is 4.74 Å². The zero-order chi connectivity index (χ0) is 10.5. The lowest BCUT2D eigenvalue weighted by Gasteiger charge is -2.03. The standard InChI is InChI=1S/C12H26O2/c1-2-3-8-11-14-12-9-6-4-5-7-10-13/h13H,2-12H2,1H3. The molecule has 0 unspecified atom stereocenters. The Labute approximate surface area is 88.7 Å². The van der Waals surface area contributed by atoms with Crippen molar-refractivity contribution in [2.45, 2.75) is 58.3 Å².